The number of hydrogen-bond donors (Lipinski definition) is 1. The fraction of sp³-hybridized carbons (Fsp3) is 0.294. The van der Waals surface area contributed by atoms with Crippen LogP contribution in [0.4, 0.5) is 0 Å². The van der Waals surface area contributed by atoms with E-state index in [1.54, 1.807) is 7.11 Å². The Morgan fingerprint density at radius 2 is 1.95 bits per heavy atom. The van der Waals surface area contributed by atoms with Gasteiger partial charge < -0.3 is 9.84 Å². The molecule has 0 heterocycles. The summed E-state index contributed by atoms with van der Waals surface area (Å²) in [5.74, 6) is 0.840. The van der Waals surface area contributed by atoms with Crippen LogP contribution in [0, 0.1) is 0 Å². The lowest BCUT2D eigenvalue weighted by atomic mass is 9.75. The number of aryl methyl sites for hydroxylation is 1. The Balaban J connectivity index is 2.17. The standard InChI is InChI=1S/C17H17BrO2/c1-20-14-8-9-15-12(11-14)7-10-16(18)17(15,19)13-5-3-2-4-6-13/h2-6,8-9,11,16,19H,7,10H2,1H3. The molecule has 0 saturated heterocycles. The first-order valence-electron chi connectivity index (χ1n) is 6.75. The third-order valence-electron chi connectivity index (χ3n) is 4.06. The Morgan fingerprint density at radius 3 is 2.65 bits per heavy atom. The molecule has 3 heteroatoms. The Bertz CT molecular complexity index is 612. The molecule has 2 aromatic carbocycles. The van der Waals surface area contributed by atoms with Gasteiger partial charge in [-0.25, -0.2) is 0 Å². The van der Waals surface area contributed by atoms with Crippen molar-refractivity contribution in [2.45, 2.75) is 23.3 Å². The van der Waals surface area contributed by atoms with E-state index in [0.717, 1.165) is 35.3 Å². The van der Waals surface area contributed by atoms with Crippen molar-refractivity contribution in [1.82, 2.24) is 0 Å². The van der Waals surface area contributed by atoms with E-state index in [-0.39, 0.29) is 4.83 Å². The van der Waals surface area contributed by atoms with Crippen molar-refractivity contribution in [2.24, 2.45) is 0 Å². The van der Waals surface area contributed by atoms with Gasteiger partial charge in [0.25, 0.3) is 0 Å². The number of rotatable bonds is 2. The molecule has 0 saturated carbocycles. The number of hydrogen-bond acceptors (Lipinski definition) is 2. The number of fused-ring (bicyclic) bond motifs is 1. The van der Waals surface area contributed by atoms with Crippen LogP contribution in [0.15, 0.2) is 48.5 Å². The molecule has 2 aromatic rings. The average molecular weight is 333 g/mol. The van der Waals surface area contributed by atoms with Crippen molar-refractivity contribution < 1.29 is 9.84 Å². The summed E-state index contributed by atoms with van der Waals surface area (Å²) < 4.78 is 5.29. The maximum Gasteiger partial charge on any atom is 0.127 e. The molecule has 20 heavy (non-hydrogen) atoms. The monoisotopic (exact) mass is 332 g/mol. The van der Waals surface area contributed by atoms with Crippen LogP contribution in [-0.4, -0.2) is 17.0 Å². The first-order chi connectivity index (χ1) is 9.66. The lowest BCUT2D eigenvalue weighted by Gasteiger charge is -2.39. The van der Waals surface area contributed by atoms with Gasteiger partial charge in [-0.05, 0) is 41.7 Å². The van der Waals surface area contributed by atoms with Gasteiger partial charge in [0.15, 0.2) is 0 Å². The lowest BCUT2D eigenvalue weighted by molar-refractivity contribution is 0.0704. The van der Waals surface area contributed by atoms with Crippen LogP contribution in [0.5, 0.6) is 5.75 Å². The van der Waals surface area contributed by atoms with Crippen molar-refractivity contribution in [2.75, 3.05) is 7.11 Å². The van der Waals surface area contributed by atoms with E-state index in [1.807, 2.05) is 48.5 Å². The normalized spacial score (nSPS) is 25.1. The fourth-order valence-corrected chi connectivity index (χ4v) is 3.70. The molecular weight excluding hydrogens is 316 g/mol. The third kappa shape index (κ3) is 2.05. The molecule has 3 rings (SSSR count). The zero-order valence-corrected chi connectivity index (χ0v) is 12.9. The topological polar surface area (TPSA) is 29.5 Å². The average Bonchev–Trinajstić information content (AvgIpc) is 2.51. The van der Waals surface area contributed by atoms with Gasteiger partial charge in [-0.15, -0.1) is 0 Å². The number of alkyl halides is 1. The molecule has 1 aliphatic rings. The van der Waals surface area contributed by atoms with Gasteiger partial charge in [0.05, 0.1) is 11.9 Å². The summed E-state index contributed by atoms with van der Waals surface area (Å²) in [7, 11) is 1.67. The molecule has 1 aliphatic carbocycles. The highest BCUT2D eigenvalue weighted by Crippen LogP contribution is 2.44. The smallest absolute Gasteiger partial charge is 0.127 e. The van der Waals surface area contributed by atoms with Crippen LogP contribution in [0.25, 0.3) is 0 Å². The molecule has 1 N–H and O–H groups in total. The molecular formula is C17H17BrO2. The number of halogens is 1. The SMILES string of the molecule is COc1ccc2c(c1)CCC(Br)C2(O)c1ccccc1. The van der Waals surface area contributed by atoms with Crippen LogP contribution in [0.3, 0.4) is 0 Å². The minimum atomic E-state index is -0.985. The minimum absolute atomic E-state index is 0.0123. The van der Waals surface area contributed by atoms with Crippen LogP contribution < -0.4 is 4.74 Å². The molecule has 0 radical (unpaired) electrons. The molecule has 0 fully saturated rings. The molecule has 2 nitrogen and oxygen atoms in total. The summed E-state index contributed by atoms with van der Waals surface area (Å²) in [4.78, 5) is 0.0123. The van der Waals surface area contributed by atoms with E-state index in [4.69, 9.17) is 4.74 Å². The van der Waals surface area contributed by atoms with Gasteiger partial charge in [0.2, 0.25) is 0 Å². The maximum atomic E-state index is 11.3. The largest absolute Gasteiger partial charge is 0.497 e. The van der Waals surface area contributed by atoms with Gasteiger partial charge in [0, 0.05) is 0 Å². The summed E-state index contributed by atoms with van der Waals surface area (Å²) in [5.41, 5.74) is 2.07. The zero-order valence-electron chi connectivity index (χ0n) is 11.3. The van der Waals surface area contributed by atoms with Crippen molar-refractivity contribution in [1.29, 1.82) is 0 Å². The number of aliphatic hydroxyl groups is 1. The molecule has 0 spiro atoms. The fourth-order valence-electron chi connectivity index (χ4n) is 2.96. The summed E-state index contributed by atoms with van der Waals surface area (Å²) in [5, 5.41) is 11.3. The molecule has 2 unspecified atom stereocenters. The second-order valence-corrected chi connectivity index (χ2v) is 6.27. The van der Waals surface area contributed by atoms with Gasteiger partial charge in [-0.1, -0.05) is 52.3 Å². The molecule has 0 aliphatic heterocycles. The van der Waals surface area contributed by atoms with Gasteiger partial charge in [0.1, 0.15) is 11.4 Å². The van der Waals surface area contributed by atoms with Crippen LogP contribution in [0.1, 0.15) is 23.1 Å². The second kappa shape index (κ2) is 5.23. The van der Waals surface area contributed by atoms with E-state index in [9.17, 15) is 5.11 Å². The van der Waals surface area contributed by atoms with Gasteiger partial charge >= 0.3 is 0 Å². The summed E-state index contributed by atoms with van der Waals surface area (Å²) in [6, 6.07) is 15.8. The van der Waals surface area contributed by atoms with Crippen LogP contribution in [-0.2, 0) is 12.0 Å². The quantitative estimate of drug-likeness (QED) is 0.851. The number of benzene rings is 2. The summed E-state index contributed by atoms with van der Waals surface area (Å²) in [6.45, 7) is 0. The van der Waals surface area contributed by atoms with Crippen LogP contribution in [0.2, 0.25) is 0 Å². The van der Waals surface area contributed by atoms with Gasteiger partial charge in [-0.2, -0.15) is 0 Å². The van der Waals surface area contributed by atoms with Crippen molar-refractivity contribution in [3.63, 3.8) is 0 Å². The van der Waals surface area contributed by atoms with E-state index in [1.165, 1.54) is 0 Å². The summed E-state index contributed by atoms with van der Waals surface area (Å²) in [6.07, 6.45) is 1.84. The molecule has 104 valence electrons. The van der Waals surface area contributed by atoms with Crippen molar-refractivity contribution >= 4 is 15.9 Å². The number of ether oxygens (including phenoxy) is 1. The minimum Gasteiger partial charge on any atom is -0.497 e. The van der Waals surface area contributed by atoms with E-state index < -0.39 is 5.60 Å². The molecule has 0 amide bonds. The summed E-state index contributed by atoms with van der Waals surface area (Å²) >= 11 is 3.67. The predicted octanol–water partition coefficient (Wildman–Crippen LogP) is 3.64. The Labute approximate surface area is 127 Å². The molecule has 2 atom stereocenters. The Kier molecular flexibility index (Phi) is 3.57. The second-order valence-electron chi connectivity index (χ2n) is 5.16. The van der Waals surface area contributed by atoms with Gasteiger partial charge in [-0.3, -0.25) is 0 Å². The maximum absolute atomic E-state index is 11.3. The Hall–Kier alpha value is -1.32. The van der Waals surface area contributed by atoms with E-state index >= 15 is 0 Å². The van der Waals surface area contributed by atoms with Crippen molar-refractivity contribution in [3.8, 4) is 5.75 Å². The third-order valence-corrected chi connectivity index (χ3v) is 5.18. The van der Waals surface area contributed by atoms with E-state index in [2.05, 4.69) is 15.9 Å². The van der Waals surface area contributed by atoms with Crippen LogP contribution >= 0.6 is 15.9 Å². The predicted molar refractivity (Wildman–Crippen MR) is 83.5 cm³/mol. The highest BCUT2D eigenvalue weighted by atomic mass is 79.9. The first kappa shape index (κ1) is 13.7. The van der Waals surface area contributed by atoms with E-state index in [0.29, 0.717) is 0 Å². The number of methoxy groups -OCH3 is 1. The Morgan fingerprint density at radius 1 is 1.20 bits per heavy atom. The molecule has 0 aromatic heterocycles. The van der Waals surface area contributed by atoms with Crippen molar-refractivity contribution in [3.05, 3.63) is 65.2 Å². The lowest BCUT2D eigenvalue weighted by Crippen LogP contribution is -2.41. The zero-order chi connectivity index (χ0) is 14.2. The highest BCUT2D eigenvalue weighted by molar-refractivity contribution is 9.09. The highest BCUT2D eigenvalue weighted by Gasteiger charge is 2.42. The first-order valence-corrected chi connectivity index (χ1v) is 7.67. The molecule has 0 bridgehead atoms.